The van der Waals surface area contributed by atoms with Crippen LogP contribution in [0.25, 0.3) is 0 Å². The molecule has 1 saturated carbocycles. The fourth-order valence-electron chi connectivity index (χ4n) is 2.54. The number of nitrogens with one attached hydrogen (secondary N) is 1. The van der Waals surface area contributed by atoms with Gasteiger partial charge in [-0.2, -0.15) is 0 Å². The van der Waals surface area contributed by atoms with Crippen molar-refractivity contribution in [3.8, 4) is 0 Å². The zero-order valence-corrected chi connectivity index (χ0v) is 12.6. The number of hydrogen-bond donors (Lipinski definition) is 2. The molecule has 0 saturated heterocycles. The minimum Gasteiger partial charge on any atom is -0.389 e. The smallest absolute Gasteiger partial charge is 0.211 e. The Balaban J connectivity index is 2.43. The molecule has 0 radical (unpaired) electrons. The first-order chi connectivity index (χ1) is 8.26. The zero-order chi connectivity index (χ0) is 13.8. The number of sulfonamides is 1. The van der Waals surface area contributed by atoms with Gasteiger partial charge in [0.25, 0.3) is 0 Å². The summed E-state index contributed by atoms with van der Waals surface area (Å²) in [6, 6.07) is 0. The molecule has 0 spiro atoms. The Hall–Kier alpha value is -0.130. The standard InChI is InChI=1S/C13H27NO3S/c1-4-12-5-7-13(15,8-6-12)10-14-18(16,17)9-11(2)3/h11-12,14-15H,4-10H2,1-3H3. The fourth-order valence-corrected chi connectivity index (χ4v) is 4.03. The van der Waals surface area contributed by atoms with Crippen molar-refractivity contribution >= 4 is 10.0 Å². The monoisotopic (exact) mass is 277 g/mol. The first-order valence-corrected chi connectivity index (χ1v) is 8.61. The van der Waals surface area contributed by atoms with E-state index in [9.17, 15) is 13.5 Å². The lowest BCUT2D eigenvalue weighted by Crippen LogP contribution is -2.46. The molecule has 0 heterocycles. The highest BCUT2D eigenvalue weighted by Gasteiger charge is 2.33. The highest BCUT2D eigenvalue weighted by molar-refractivity contribution is 7.89. The molecule has 4 nitrogen and oxygen atoms in total. The van der Waals surface area contributed by atoms with Crippen molar-refractivity contribution in [2.24, 2.45) is 11.8 Å². The highest BCUT2D eigenvalue weighted by atomic mass is 32.2. The molecule has 0 aliphatic heterocycles. The van der Waals surface area contributed by atoms with Gasteiger partial charge in [-0.05, 0) is 37.5 Å². The summed E-state index contributed by atoms with van der Waals surface area (Å²) in [5.41, 5.74) is -0.838. The molecule has 1 fully saturated rings. The van der Waals surface area contributed by atoms with Crippen molar-refractivity contribution in [2.45, 2.75) is 58.5 Å². The van der Waals surface area contributed by atoms with Gasteiger partial charge in [-0.25, -0.2) is 13.1 Å². The summed E-state index contributed by atoms with van der Waals surface area (Å²) in [5, 5.41) is 10.4. The van der Waals surface area contributed by atoms with Gasteiger partial charge >= 0.3 is 0 Å². The van der Waals surface area contributed by atoms with Crippen molar-refractivity contribution in [3.05, 3.63) is 0 Å². The van der Waals surface area contributed by atoms with Crippen molar-refractivity contribution in [1.29, 1.82) is 0 Å². The van der Waals surface area contributed by atoms with Gasteiger partial charge in [-0.3, -0.25) is 0 Å². The number of hydrogen-bond acceptors (Lipinski definition) is 3. The van der Waals surface area contributed by atoms with E-state index in [1.54, 1.807) is 0 Å². The molecule has 0 aromatic heterocycles. The van der Waals surface area contributed by atoms with E-state index in [4.69, 9.17) is 0 Å². The van der Waals surface area contributed by atoms with Crippen LogP contribution in [0, 0.1) is 11.8 Å². The van der Waals surface area contributed by atoms with Crippen LogP contribution in [0.4, 0.5) is 0 Å². The molecule has 5 heteroatoms. The Kier molecular flexibility index (Phi) is 5.62. The summed E-state index contributed by atoms with van der Waals surface area (Å²) in [5.74, 6) is 0.922. The van der Waals surface area contributed by atoms with Gasteiger partial charge in [-0.15, -0.1) is 0 Å². The third-order valence-corrected chi connectivity index (χ3v) is 5.48. The minimum atomic E-state index is -3.25. The van der Waals surface area contributed by atoms with Crippen LogP contribution in [0.3, 0.4) is 0 Å². The fraction of sp³-hybridized carbons (Fsp3) is 1.00. The van der Waals surface area contributed by atoms with Gasteiger partial charge in [0, 0.05) is 6.54 Å². The van der Waals surface area contributed by atoms with Gasteiger partial charge in [-0.1, -0.05) is 27.2 Å². The number of rotatable bonds is 6. The third-order valence-electron chi connectivity index (χ3n) is 3.79. The van der Waals surface area contributed by atoms with Crippen LogP contribution >= 0.6 is 0 Å². The van der Waals surface area contributed by atoms with E-state index in [0.29, 0.717) is 18.8 Å². The van der Waals surface area contributed by atoms with Crippen LogP contribution in [-0.4, -0.2) is 31.4 Å². The second-order valence-corrected chi connectivity index (χ2v) is 7.92. The van der Waals surface area contributed by atoms with E-state index in [2.05, 4.69) is 11.6 Å². The minimum absolute atomic E-state index is 0.105. The van der Waals surface area contributed by atoms with Crippen LogP contribution in [-0.2, 0) is 10.0 Å². The maximum absolute atomic E-state index is 11.7. The van der Waals surface area contributed by atoms with Crippen LogP contribution in [0.2, 0.25) is 0 Å². The van der Waals surface area contributed by atoms with E-state index in [1.165, 1.54) is 0 Å². The van der Waals surface area contributed by atoms with Crippen molar-refractivity contribution in [1.82, 2.24) is 4.72 Å². The molecule has 1 aliphatic rings. The van der Waals surface area contributed by atoms with E-state index >= 15 is 0 Å². The second-order valence-electron chi connectivity index (χ2n) is 6.07. The van der Waals surface area contributed by atoms with Crippen LogP contribution in [0.5, 0.6) is 0 Å². The predicted octanol–water partition coefficient (Wildman–Crippen LogP) is 1.89. The maximum Gasteiger partial charge on any atom is 0.211 e. The molecule has 0 bridgehead atoms. The molecule has 0 aromatic carbocycles. The molecule has 0 aromatic rings. The van der Waals surface area contributed by atoms with Crippen molar-refractivity contribution in [3.63, 3.8) is 0 Å². The van der Waals surface area contributed by atoms with Crippen molar-refractivity contribution < 1.29 is 13.5 Å². The highest BCUT2D eigenvalue weighted by Crippen LogP contribution is 2.33. The number of aliphatic hydroxyl groups is 1. The molecule has 1 rings (SSSR count). The van der Waals surface area contributed by atoms with E-state index < -0.39 is 15.6 Å². The Morgan fingerprint density at radius 1 is 1.33 bits per heavy atom. The first-order valence-electron chi connectivity index (χ1n) is 6.96. The van der Waals surface area contributed by atoms with Gasteiger partial charge in [0.1, 0.15) is 0 Å². The summed E-state index contributed by atoms with van der Waals surface area (Å²) in [4.78, 5) is 0. The Bertz CT molecular complexity index is 343. The summed E-state index contributed by atoms with van der Waals surface area (Å²) >= 11 is 0. The quantitative estimate of drug-likeness (QED) is 0.779. The summed E-state index contributed by atoms with van der Waals surface area (Å²) < 4.78 is 26.0. The van der Waals surface area contributed by atoms with Gasteiger partial charge in [0.2, 0.25) is 10.0 Å². The molecular weight excluding hydrogens is 250 g/mol. The maximum atomic E-state index is 11.7. The molecule has 18 heavy (non-hydrogen) atoms. The zero-order valence-electron chi connectivity index (χ0n) is 11.8. The Morgan fingerprint density at radius 3 is 2.33 bits per heavy atom. The summed E-state index contributed by atoms with van der Waals surface area (Å²) in [6.45, 7) is 6.08. The summed E-state index contributed by atoms with van der Waals surface area (Å²) in [6.07, 6.45) is 4.55. The first kappa shape index (κ1) is 15.9. The van der Waals surface area contributed by atoms with Crippen LogP contribution in [0.1, 0.15) is 52.9 Å². The van der Waals surface area contributed by atoms with Crippen LogP contribution < -0.4 is 4.72 Å². The molecule has 0 amide bonds. The Morgan fingerprint density at radius 2 is 1.89 bits per heavy atom. The molecule has 0 atom stereocenters. The molecule has 0 unspecified atom stereocenters. The predicted molar refractivity (Wildman–Crippen MR) is 73.8 cm³/mol. The van der Waals surface area contributed by atoms with Crippen LogP contribution in [0.15, 0.2) is 0 Å². The Labute approximate surface area is 111 Å². The van der Waals surface area contributed by atoms with Gasteiger partial charge in [0.15, 0.2) is 0 Å². The molecule has 108 valence electrons. The lowest BCUT2D eigenvalue weighted by atomic mass is 9.78. The van der Waals surface area contributed by atoms with E-state index in [0.717, 1.165) is 19.3 Å². The third kappa shape index (κ3) is 5.24. The largest absolute Gasteiger partial charge is 0.389 e. The summed E-state index contributed by atoms with van der Waals surface area (Å²) in [7, 11) is -3.25. The average Bonchev–Trinajstić information content (AvgIpc) is 2.26. The van der Waals surface area contributed by atoms with Gasteiger partial charge in [0.05, 0.1) is 11.4 Å². The molecule has 1 aliphatic carbocycles. The van der Waals surface area contributed by atoms with Crippen molar-refractivity contribution in [2.75, 3.05) is 12.3 Å². The molecule has 2 N–H and O–H groups in total. The second kappa shape index (κ2) is 6.35. The SMILES string of the molecule is CCC1CCC(O)(CNS(=O)(=O)CC(C)C)CC1. The lowest BCUT2D eigenvalue weighted by Gasteiger charge is -2.35. The van der Waals surface area contributed by atoms with Gasteiger partial charge < -0.3 is 5.11 Å². The average molecular weight is 277 g/mol. The normalized spacial score (nSPS) is 29.7. The van der Waals surface area contributed by atoms with E-state index in [1.807, 2.05) is 13.8 Å². The molecular formula is C13H27NO3S. The topological polar surface area (TPSA) is 66.4 Å². The van der Waals surface area contributed by atoms with E-state index in [-0.39, 0.29) is 18.2 Å². The lowest BCUT2D eigenvalue weighted by molar-refractivity contribution is -0.00443.